The predicted octanol–water partition coefficient (Wildman–Crippen LogP) is 3.15. The number of thioether (sulfide) groups is 1. The van der Waals surface area contributed by atoms with Gasteiger partial charge in [-0.05, 0) is 41.3 Å². The van der Waals surface area contributed by atoms with Gasteiger partial charge in [-0.2, -0.15) is 0 Å². The van der Waals surface area contributed by atoms with Crippen molar-refractivity contribution in [1.82, 2.24) is 5.32 Å². The van der Waals surface area contributed by atoms with E-state index in [4.69, 9.17) is 5.11 Å². The molecule has 2 aromatic heterocycles. The Kier molecular flexibility index (Phi) is 4.32. The zero-order valence-corrected chi connectivity index (χ0v) is 13.4. The lowest BCUT2D eigenvalue weighted by Gasteiger charge is -2.21. The van der Waals surface area contributed by atoms with E-state index in [0.717, 1.165) is 22.6 Å². The van der Waals surface area contributed by atoms with Crippen LogP contribution in [0.15, 0.2) is 23.6 Å². The van der Waals surface area contributed by atoms with Crippen LogP contribution >= 0.6 is 34.4 Å². The Morgan fingerprint density at radius 1 is 1.33 bits per heavy atom. The molecule has 1 aliphatic heterocycles. The van der Waals surface area contributed by atoms with E-state index in [1.165, 1.54) is 16.2 Å². The molecule has 110 valence electrons. The van der Waals surface area contributed by atoms with Crippen LogP contribution in [0, 0.1) is 0 Å². The van der Waals surface area contributed by atoms with Crippen LogP contribution in [0.25, 0.3) is 0 Å². The second-order valence-electron chi connectivity index (χ2n) is 4.59. The summed E-state index contributed by atoms with van der Waals surface area (Å²) in [6, 6.07) is 5.35. The van der Waals surface area contributed by atoms with Gasteiger partial charge in [-0.3, -0.25) is 4.79 Å². The van der Waals surface area contributed by atoms with Crippen molar-refractivity contribution < 1.29 is 14.7 Å². The van der Waals surface area contributed by atoms with Crippen LogP contribution in [0.5, 0.6) is 0 Å². The molecule has 1 amide bonds. The molecule has 1 aliphatic rings. The largest absolute Gasteiger partial charge is 0.477 e. The number of carbonyl (C=O) groups is 2. The van der Waals surface area contributed by atoms with Crippen LogP contribution in [0.1, 0.15) is 30.2 Å². The monoisotopic (exact) mass is 339 g/mol. The van der Waals surface area contributed by atoms with Gasteiger partial charge in [0.25, 0.3) is 0 Å². The molecule has 2 aromatic rings. The SMILES string of the molecule is O=C(O)c1ccc(CNC(=O)C2SCCc3sccc32)s1. The Hall–Kier alpha value is -1.31. The fourth-order valence-electron chi connectivity index (χ4n) is 2.22. The Morgan fingerprint density at radius 3 is 2.95 bits per heavy atom. The summed E-state index contributed by atoms with van der Waals surface area (Å²) in [5.74, 6) is 0.0428. The van der Waals surface area contributed by atoms with Crippen LogP contribution < -0.4 is 5.32 Å². The van der Waals surface area contributed by atoms with Gasteiger partial charge >= 0.3 is 5.97 Å². The highest BCUT2D eigenvalue weighted by Crippen LogP contribution is 2.39. The maximum Gasteiger partial charge on any atom is 0.345 e. The first-order chi connectivity index (χ1) is 10.1. The molecule has 0 saturated heterocycles. The normalized spacial score (nSPS) is 17.2. The highest BCUT2D eigenvalue weighted by Gasteiger charge is 2.27. The second kappa shape index (κ2) is 6.21. The molecule has 7 heteroatoms. The second-order valence-corrected chi connectivity index (χ2v) is 7.97. The number of amides is 1. The lowest BCUT2D eigenvalue weighted by atomic mass is 10.1. The summed E-state index contributed by atoms with van der Waals surface area (Å²) in [6.07, 6.45) is 1.04. The van der Waals surface area contributed by atoms with E-state index in [9.17, 15) is 9.59 Å². The molecule has 1 unspecified atom stereocenters. The average molecular weight is 339 g/mol. The Labute approximate surface area is 134 Å². The molecule has 3 rings (SSSR count). The Morgan fingerprint density at radius 2 is 2.19 bits per heavy atom. The number of aryl methyl sites for hydroxylation is 1. The third-order valence-corrected chi connectivity index (χ3v) is 6.53. The zero-order chi connectivity index (χ0) is 14.8. The van der Waals surface area contributed by atoms with E-state index in [1.54, 1.807) is 35.2 Å². The summed E-state index contributed by atoms with van der Waals surface area (Å²) in [5, 5.41) is 13.7. The molecule has 0 saturated carbocycles. The number of hydrogen-bond donors (Lipinski definition) is 2. The van der Waals surface area contributed by atoms with Crippen LogP contribution in [-0.4, -0.2) is 22.7 Å². The van der Waals surface area contributed by atoms with Crippen molar-refractivity contribution in [3.63, 3.8) is 0 Å². The van der Waals surface area contributed by atoms with Gasteiger partial charge in [0.2, 0.25) is 5.91 Å². The Balaban J connectivity index is 1.63. The number of carboxylic acid groups (broad SMARTS) is 1. The first kappa shape index (κ1) is 14.6. The fourth-order valence-corrected chi connectivity index (χ4v) is 5.32. The summed E-state index contributed by atoms with van der Waals surface area (Å²) >= 11 is 4.58. The topological polar surface area (TPSA) is 66.4 Å². The number of carboxylic acids is 1. The predicted molar refractivity (Wildman–Crippen MR) is 86.3 cm³/mol. The minimum absolute atomic E-state index is 0.00428. The molecule has 0 spiro atoms. The molecule has 3 heterocycles. The minimum atomic E-state index is -0.927. The number of thiophene rings is 2. The summed E-state index contributed by atoms with van der Waals surface area (Å²) in [7, 11) is 0. The molecule has 0 aliphatic carbocycles. The molecule has 0 aromatic carbocycles. The van der Waals surface area contributed by atoms with E-state index in [-0.39, 0.29) is 11.2 Å². The van der Waals surface area contributed by atoms with Crippen LogP contribution in [0.2, 0.25) is 0 Å². The molecular weight excluding hydrogens is 326 g/mol. The third kappa shape index (κ3) is 3.14. The van der Waals surface area contributed by atoms with Gasteiger partial charge in [-0.1, -0.05) is 0 Å². The zero-order valence-electron chi connectivity index (χ0n) is 11.0. The quantitative estimate of drug-likeness (QED) is 0.898. The number of hydrogen-bond acceptors (Lipinski definition) is 5. The molecule has 4 nitrogen and oxygen atoms in total. The number of rotatable bonds is 4. The van der Waals surface area contributed by atoms with Crippen molar-refractivity contribution in [2.45, 2.75) is 18.2 Å². The average Bonchev–Trinajstić information content (AvgIpc) is 3.12. The van der Waals surface area contributed by atoms with E-state index in [0.29, 0.717) is 11.4 Å². The minimum Gasteiger partial charge on any atom is -0.477 e. The fraction of sp³-hybridized carbons (Fsp3) is 0.286. The third-order valence-electron chi connectivity index (χ3n) is 3.22. The van der Waals surface area contributed by atoms with Crippen molar-refractivity contribution in [1.29, 1.82) is 0 Å². The lowest BCUT2D eigenvalue weighted by Crippen LogP contribution is -2.28. The maximum atomic E-state index is 12.3. The standard InChI is InChI=1S/C14H13NO3S3/c16-13(12-9-3-5-19-10(9)4-6-20-12)15-7-8-1-2-11(21-8)14(17)18/h1-3,5,12H,4,6-7H2,(H,15,16)(H,17,18). The summed E-state index contributed by atoms with van der Waals surface area (Å²) < 4.78 is 0. The van der Waals surface area contributed by atoms with Crippen molar-refractivity contribution in [2.75, 3.05) is 5.75 Å². The molecular formula is C14H13NO3S3. The molecule has 0 fully saturated rings. The van der Waals surface area contributed by atoms with Gasteiger partial charge in [0.15, 0.2) is 0 Å². The van der Waals surface area contributed by atoms with Crippen LogP contribution in [-0.2, 0) is 17.8 Å². The number of nitrogens with one attached hydrogen (secondary N) is 1. The van der Waals surface area contributed by atoms with Gasteiger partial charge in [0, 0.05) is 9.75 Å². The van der Waals surface area contributed by atoms with Crippen molar-refractivity contribution in [3.05, 3.63) is 43.8 Å². The number of fused-ring (bicyclic) bond motifs is 1. The van der Waals surface area contributed by atoms with Gasteiger partial charge in [-0.15, -0.1) is 34.4 Å². The molecule has 21 heavy (non-hydrogen) atoms. The first-order valence-electron chi connectivity index (χ1n) is 6.43. The van der Waals surface area contributed by atoms with Crippen LogP contribution in [0.4, 0.5) is 0 Å². The Bertz CT molecular complexity index is 677. The number of aromatic carboxylic acids is 1. The first-order valence-corrected chi connectivity index (χ1v) is 9.17. The summed E-state index contributed by atoms with van der Waals surface area (Å²) in [5.41, 5.74) is 1.13. The van der Waals surface area contributed by atoms with Crippen molar-refractivity contribution in [2.24, 2.45) is 0 Å². The highest BCUT2D eigenvalue weighted by atomic mass is 32.2. The lowest BCUT2D eigenvalue weighted by molar-refractivity contribution is -0.120. The highest BCUT2D eigenvalue weighted by molar-refractivity contribution is 8.00. The van der Waals surface area contributed by atoms with Crippen molar-refractivity contribution in [3.8, 4) is 0 Å². The molecule has 1 atom stereocenters. The summed E-state index contributed by atoms with van der Waals surface area (Å²) in [6.45, 7) is 0.382. The van der Waals surface area contributed by atoms with Gasteiger partial charge < -0.3 is 10.4 Å². The molecule has 2 N–H and O–H groups in total. The van der Waals surface area contributed by atoms with Gasteiger partial charge in [-0.25, -0.2) is 4.79 Å². The summed E-state index contributed by atoms with van der Waals surface area (Å²) in [4.78, 5) is 25.6. The molecule has 0 bridgehead atoms. The van der Waals surface area contributed by atoms with Crippen molar-refractivity contribution >= 4 is 46.3 Å². The van der Waals surface area contributed by atoms with E-state index >= 15 is 0 Å². The van der Waals surface area contributed by atoms with Crippen LogP contribution in [0.3, 0.4) is 0 Å². The smallest absolute Gasteiger partial charge is 0.345 e. The van der Waals surface area contributed by atoms with E-state index in [1.807, 2.05) is 11.4 Å². The van der Waals surface area contributed by atoms with E-state index < -0.39 is 5.97 Å². The number of carbonyl (C=O) groups excluding carboxylic acids is 1. The maximum absolute atomic E-state index is 12.3. The van der Waals surface area contributed by atoms with Gasteiger partial charge in [0.1, 0.15) is 10.1 Å². The van der Waals surface area contributed by atoms with E-state index in [2.05, 4.69) is 5.32 Å². The van der Waals surface area contributed by atoms with Gasteiger partial charge in [0.05, 0.1) is 6.54 Å². The molecule has 0 radical (unpaired) electrons.